The fourth-order valence-electron chi connectivity index (χ4n) is 2.80. The van der Waals surface area contributed by atoms with E-state index in [0.717, 1.165) is 28.7 Å². The van der Waals surface area contributed by atoms with Crippen molar-refractivity contribution in [3.05, 3.63) is 29.8 Å². The van der Waals surface area contributed by atoms with Crippen LogP contribution in [0.25, 0.3) is 11.4 Å². The standard InChI is InChI=1S/C17H20N4O2S/c1-3-20-16(13-7-5-4-6-12(13)2)18-19-17(20)24-11-10-21-14(22)8-9-15(21)23/h4-7H,3,8-11H2,1-2H3. The van der Waals surface area contributed by atoms with Gasteiger partial charge in [-0.1, -0.05) is 36.0 Å². The molecular weight excluding hydrogens is 324 g/mol. The van der Waals surface area contributed by atoms with Crippen LogP contribution in [0.3, 0.4) is 0 Å². The Morgan fingerprint density at radius 3 is 2.50 bits per heavy atom. The molecule has 1 aromatic heterocycles. The van der Waals surface area contributed by atoms with Gasteiger partial charge in [-0.25, -0.2) is 0 Å². The van der Waals surface area contributed by atoms with Gasteiger partial charge in [-0.3, -0.25) is 14.5 Å². The second-order valence-electron chi connectivity index (χ2n) is 5.65. The van der Waals surface area contributed by atoms with Crippen LogP contribution in [0.15, 0.2) is 29.4 Å². The lowest BCUT2D eigenvalue weighted by Crippen LogP contribution is -2.31. The molecular formula is C17H20N4O2S. The number of aromatic nitrogens is 3. The van der Waals surface area contributed by atoms with Crippen molar-refractivity contribution >= 4 is 23.6 Å². The molecule has 126 valence electrons. The third kappa shape index (κ3) is 3.21. The third-order valence-corrected chi connectivity index (χ3v) is 5.07. The quantitative estimate of drug-likeness (QED) is 0.595. The lowest BCUT2D eigenvalue weighted by atomic mass is 10.1. The highest BCUT2D eigenvalue weighted by molar-refractivity contribution is 7.99. The number of aryl methyl sites for hydroxylation is 1. The van der Waals surface area contributed by atoms with Crippen LogP contribution in [-0.2, 0) is 16.1 Å². The molecule has 1 aromatic carbocycles. The summed E-state index contributed by atoms with van der Waals surface area (Å²) in [6, 6.07) is 8.10. The summed E-state index contributed by atoms with van der Waals surface area (Å²) in [7, 11) is 0. The number of carbonyl (C=O) groups excluding carboxylic acids is 2. The van der Waals surface area contributed by atoms with Crippen molar-refractivity contribution in [3.63, 3.8) is 0 Å². The van der Waals surface area contributed by atoms with Crippen molar-refractivity contribution in [2.75, 3.05) is 12.3 Å². The maximum Gasteiger partial charge on any atom is 0.229 e. The molecule has 3 rings (SSSR count). The van der Waals surface area contributed by atoms with E-state index in [2.05, 4.69) is 34.7 Å². The molecule has 2 heterocycles. The van der Waals surface area contributed by atoms with E-state index in [-0.39, 0.29) is 11.8 Å². The van der Waals surface area contributed by atoms with Gasteiger partial charge in [-0.05, 0) is 19.4 Å². The first-order chi connectivity index (χ1) is 11.6. The van der Waals surface area contributed by atoms with Crippen LogP contribution in [0.5, 0.6) is 0 Å². The molecule has 7 heteroatoms. The van der Waals surface area contributed by atoms with Gasteiger partial charge in [-0.2, -0.15) is 0 Å². The van der Waals surface area contributed by atoms with Crippen LogP contribution >= 0.6 is 11.8 Å². The van der Waals surface area contributed by atoms with E-state index in [4.69, 9.17) is 0 Å². The molecule has 0 atom stereocenters. The lowest BCUT2D eigenvalue weighted by Gasteiger charge is -2.13. The molecule has 0 N–H and O–H groups in total. The molecule has 0 spiro atoms. The summed E-state index contributed by atoms with van der Waals surface area (Å²) in [5, 5.41) is 9.45. The minimum Gasteiger partial charge on any atom is -0.302 e. The zero-order valence-corrected chi connectivity index (χ0v) is 14.7. The fourth-order valence-corrected chi connectivity index (χ4v) is 3.73. The second-order valence-corrected chi connectivity index (χ2v) is 6.72. The molecule has 1 saturated heterocycles. The van der Waals surface area contributed by atoms with Crippen LogP contribution in [-0.4, -0.2) is 43.8 Å². The lowest BCUT2D eigenvalue weighted by molar-refractivity contribution is -0.137. The molecule has 2 aromatic rings. The molecule has 0 bridgehead atoms. The first-order valence-electron chi connectivity index (χ1n) is 8.07. The van der Waals surface area contributed by atoms with E-state index in [1.165, 1.54) is 16.7 Å². The molecule has 1 fully saturated rings. The molecule has 24 heavy (non-hydrogen) atoms. The zero-order chi connectivity index (χ0) is 17.1. The molecule has 6 nitrogen and oxygen atoms in total. The zero-order valence-electron chi connectivity index (χ0n) is 13.9. The molecule has 0 aliphatic carbocycles. The van der Waals surface area contributed by atoms with Gasteiger partial charge in [0.2, 0.25) is 11.8 Å². The third-order valence-electron chi connectivity index (χ3n) is 4.12. The summed E-state index contributed by atoms with van der Waals surface area (Å²) >= 11 is 1.53. The highest BCUT2D eigenvalue weighted by Gasteiger charge is 2.28. The normalized spacial score (nSPS) is 14.7. The van der Waals surface area contributed by atoms with Gasteiger partial charge in [0.05, 0.1) is 0 Å². The van der Waals surface area contributed by atoms with Crippen molar-refractivity contribution in [3.8, 4) is 11.4 Å². The summed E-state index contributed by atoms with van der Waals surface area (Å²) in [4.78, 5) is 24.6. The number of benzene rings is 1. The first kappa shape index (κ1) is 16.7. The monoisotopic (exact) mass is 344 g/mol. The number of hydrogen-bond donors (Lipinski definition) is 0. The molecule has 0 unspecified atom stereocenters. The van der Waals surface area contributed by atoms with Crippen LogP contribution in [0.2, 0.25) is 0 Å². The first-order valence-corrected chi connectivity index (χ1v) is 9.05. The predicted octanol–water partition coefficient (Wildman–Crippen LogP) is 2.51. The van der Waals surface area contributed by atoms with Crippen molar-refractivity contribution in [1.29, 1.82) is 0 Å². The minimum absolute atomic E-state index is 0.0712. The number of likely N-dealkylation sites (tertiary alicyclic amines) is 1. The largest absolute Gasteiger partial charge is 0.302 e. The summed E-state index contributed by atoms with van der Waals surface area (Å²) in [5.74, 6) is 1.34. The van der Waals surface area contributed by atoms with E-state index in [0.29, 0.717) is 25.1 Å². The Morgan fingerprint density at radius 1 is 1.12 bits per heavy atom. The number of thioether (sulfide) groups is 1. The van der Waals surface area contributed by atoms with Crippen LogP contribution in [0, 0.1) is 6.92 Å². The number of hydrogen-bond acceptors (Lipinski definition) is 5. The van der Waals surface area contributed by atoms with E-state index < -0.39 is 0 Å². The number of rotatable bonds is 6. The van der Waals surface area contributed by atoms with Gasteiger partial charge in [0.1, 0.15) is 0 Å². The number of imide groups is 1. The molecule has 2 amide bonds. The highest BCUT2D eigenvalue weighted by Crippen LogP contribution is 2.26. The van der Waals surface area contributed by atoms with Crippen molar-refractivity contribution in [2.24, 2.45) is 0 Å². The Morgan fingerprint density at radius 2 is 1.83 bits per heavy atom. The van der Waals surface area contributed by atoms with Gasteiger partial charge in [0, 0.05) is 37.2 Å². The van der Waals surface area contributed by atoms with Gasteiger partial charge >= 0.3 is 0 Å². The second kappa shape index (κ2) is 7.17. The van der Waals surface area contributed by atoms with E-state index in [1.54, 1.807) is 0 Å². The summed E-state index contributed by atoms with van der Waals surface area (Å²) < 4.78 is 2.07. The number of carbonyl (C=O) groups is 2. The highest BCUT2D eigenvalue weighted by atomic mass is 32.2. The van der Waals surface area contributed by atoms with Gasteiger partial charge in [-0.15, -0.1) is 10.2 Å². The maximum absolute atomic E-state index is 11.6. The maximum atomic E-state index is 11.6. The van der Waals surface area contributed by atoms with Crippen molar-refractivity contribution in [1.82, 2.24) is 19.7 Å². The topological polar surface area (TPSA) is 68.1 Å². The Balaban J connectivity index is 1.72. The Hall–Kier alpha value is -2.15. The van der Waals surface area contributed by atoms with Crippen LogP contribution in [0.1, 0.15) is 25.3 Å². The number of nitrogens with zero attached hydrogens (tertiary/aromatic N) is 4. The van der Waals surface area contributed by atoms with Gasteiger partial charge < -0.3 is 4.57 Å². The van der Waals surface area contributed by atoms with E-state index in [9.17, 15) is 9.59 Å². The van der Waals surface area contributed by atoms with Crippen LogP contribution in [0.4, 0.5) is 0 Å². The van der Waals surface area contributed by atoms with Gasteiger partial charge in [0.15, 0.2) is 11.0 Å². The SMILES string of the molecule is CCn1c(SCCN2C(=O)CCC2=O)nnc1-c1ccccc1C. The van der Waals surface area contributed by atoms with Crippen molar-refractivity contribution < 1.29 is 9.59 Å². The predicted molar refractivity (Wildman–Crippen MR) is 92.5 cm³/mol. The average molecular weight is 344 g/mol. The van der Waals surface area contributed by atoms with E-state index in [1.807, 2.05) is 18.2 Å². The van der Waals surface area contributed by atoms with Gasteiger partial charge in [0.25, 0.3) is 0 Å². The molecule has 0 saturated carbocycles. The summed E-state index contributed by atoms with van der Waals surface area (Å²) in [6.45, 7) is 5.31. The Kier molecular flexibility index (Phi) is 4.99. The molecule has 0 radical (unpaired) electrons. The Bertz CT molecular complexity index is 756. The van der Waals surface area contributed by atoms with Crippen LogP contribution < -0.4 is 0 Å². The van der Waals surface area contributed by atoms with Crippen molar-refractivity contribution in [2.45, 2.75) is 38.4 Å². The smallest absolute Gasteiger partial charge is 0.229 e. The molecule has 1 aliphatic heterocycles. The average Bonchev–Trinajstić information content (AvgIpc) is 3.12. The summed E-state index contributed by atoms with van der Waals surface area (Å²) in [6.07, 6.45) is 0.679. The fraction of sp³-hybridized carbons (Fsp3) is 0.412. The minimum atomic E-state index is -0.0712. The molecule has 1 aliphatic rings. The Labute approximate surface area is 145 Å². The summed E-state index contributed by atoms with van der Waals surface area (Å²) in [5.41, 5.74) is 2.23. The number of amides is 2. The van der Waals surface area contributed by atoms with E-state index >= 15 is 0 Å².